The van der Waals surface area contributed by atoms with Gasteiger partial charge in [-0.05, 0) is 45.6 Å². The van der Waals surface area contributed by atoms with Crippen molar-refractivity contribution in [2.75, 3.05) is 5.32 Å². The fourth-order valence-electron chi connectivity index (χ4n) is 2.91. The van der Waals surface area contributed by atoms with Gasteiger partial charge in [-0.1, -0.05) is 0 Å². The standard InChI is InChI=1S/C17H26FN3O3/c1-17(2,24)14(18)9-13-15(16(19)23)12(7-8-20-13)21-10-3-5-11(22)6-4-10/h7-8,10-11,14,22,24H,3-6,9H2,1-2H3,(H2,19,23)(H,20,21)/t10-,11-,14-/m1/s1. The molecule has 0 saturated heterocycles. The van der Waals surface area contributed by atoms with E-state index >= 15 is 0 Å². The molecule has 24 heavy (non-hydrogen) atoms. The van der Waals surface area contributed by atoms with Gasteiger partial charge in [-0.15, -0.1) is 0 Å². The molecule has 0 unspecified atom stereocenters. The number of primary amides is 1. The van der Waals surface area contributed by atoms with Crippen molar-refractivity contribution in [2.24, 2.45) is 5.73 Å². The molecule has 1 fully saturated rings. The SMILES string of the molecule is CC(C)(O)[C@H](F)Cc1nccc(N[C@H]2CC[C@H](O)CC2)c1C(N)=O. The van der Waals surface area contributed by atoms with Crippen molar-refractivity contribution in [1.82, 2.24) is 4.98 Å². The molecule has 6 nitrogen and oxygen atoms in total. The number of nitrogens with two attached hydrogens (primary N) is 1. The van der Waals surface area contributed by atoms with Crippen LogP contribution >= 0.6 is 0 Å². The highest BCUT2D eigenvalue weighted by molar-refractivity contribution is 5.99. The van der Waals surface area contributed by atoms with E-state index in [1.807, 2.05) is 0 Å². The maximum Gasteiger partial charge on any atom is 0.252 e. The van der Waals surface area contributed by atoms with Gasteiger partial charge in [0.25, 0.3) is 5.91 Å². The van der Waals surface area contributed by atoms with Gasteiger partial charge < -0.3 is 21.3 Å². The van der Waals surface area contributed by atoms with E-state index < -0.39 is 17.7 Å². The third-order valence-corrected chi connectivity index (χ3v) is 4.47. The van der Waals surface area contributed by atoms with Crippen molar-refractivity contribution in [2.45, 2.75) is 69.9 Å². The van der Waals surface area contributed by atoms with E-state index in [0.717, 1.165) is 12.8 Å². The fraction of sp³-hybridized carbons (Fsp3) is 0.647. The van der Waals surface area contributed by atoms with Crippen LogP contribution in [0.25, 0.3) is 0 Å². The first-order chi connectivity index (χ1) is 11.2. The lowest BCUT2D eigenvalue weighted by molar-refractivity contribution is -0.00307. The van der Waals surface area contributed by atoms with Gasteiger partial charge >= 0.3 is 0 Å². The zero-order chi connectivity index (χ0) is 17.9. The minimum atomic E-state index is -1.57. The molecular formula is C17H26FN3O3. The second-order valence-corrected chi connectivity index (χ2v) is 7.02. The predicted molar refractivity (Wildman–Crippen MR) is 89.5 cm³/mol. The van der Waals surface area contributed by atoms with Crippen molar-refractivity contribution in [3.05, 3.63) is 23.5 Å². The molecule has 1 aromatic rings. The highest BCUT2D eigenvalue weighted by Crippen LogP contribution is 2.27. The Morgan fingerprint density at radius 2 is 2.08 bits per heavy atom. The van der Waals surface area contributed by atoms with E-state index in [-0.39, 0.29) is 29.8 Å². The van der Waals surface area contributed by atoms with E-state index in [4.69, 9.17) is 5.73 Å². The number of aromatic nitrogens is 1. The van der Waals surface area contributed by atoms with Crippen molar-refractivity contribution < 1.29 is 19.4 Å². The number of nitrogens with one attached hydrogen (secondary N) is 1. The van der Waals surface area contributed by atoms with E-state index in [2.05, 4.69) is 10.3 Å². The number of halogens is 1. The molecule has 0 radical (unpaired) electrons. The lowest BCUT2D eigenvalue weighted by Gasteiger charge is -2.28. The molecule has 1 aliphatic rings. The van der Waals surface area contributed by atoms with Crippen LogP contribution in [0.4, 0.5) is 10.1 Å². The van der Waals surface area contributed by atoms with E-state index in [9.17, 15) is 19.4 Å². The lowest BCUT2D eigenvalue weighted by Crippen LogP contribution is -2.35. The van der Waals surface area contributed by atoms with Crippen molar-refractivity contribution >= 4 is 11.6 Å². The number of rotatable bonds is 6. The average Bonchev–Trinajstić information content (AvgIpc) is 2.48. The van der Waals surface area contributed by atoms with Crippen molar-refractivity contribution in [3.8, 4) is 0 Å². The minimum Gasteiger partial charge on any atom is -0.393 e. The Hall–Kier alpha value is -1.73. The molecule has 134 valence electrons. The second kappa shape index (κ2) is 7.44. The zero-order valence-electron chi connectivity index (χ0n) is 14.1. The monoisotopic (exact) mass is 339 g/mol. The molecule has 1 atom stereocenters. The van der Waals surface area contributed by atoms with Crippen LogP contribution in [0.15, 0.2) is 12.3 Å². The fourth-order valence-corrected chi connectivity index (χ4v) is 2.91. The molecule has 1 heterocycles. The maximum atomic E-state index is 14.2. The Balaban J connectivity index is 2.22. The number of hydrogen-bond donors (Lipinski definition) is 4. The van der Waals surface area contributed by atoms with Crippen molar-refractivity contribution in [3.63, 3.8) is 0 Å². The molecule has 0 spiro atoms. The third kappa shape index (κ3) is 4.64. The van der Waals surface area contributed by atoms with Crippen LogP contribution in [0, 0.1) is 0 Å². The van der Waals surface area contributed by atoms with Gasteiger partial charge in [-0.2, -0.15) is 0 Å². The first-order valence-corrected chi connectivity index (χ1v) is 8.27. The van der Waals surface area contributed by atoms with Gasteiger partial charge in [0.1, 0.15) is 6.17 Å². The van der Waals surface area contributed by atoms with Gasteiger partial charge in [0.05, 0.1) is 28.6 Å². The molecule has 2 rings (SSSR count). The summed E-state index contributed by atoms with van der Waals surface area (Å²) < 4.78 is 14.2. The van der Waals surface area contributed by atoms with Gasteiger partial charge in [-0.3, -0.25) is 9.78 Å². The highest BCUT2D eigenvalue weighted by atomic mass is 19.1. The van der Waals surface area contributed by atoms with Crippen LogP contribution in [-0.4, -0.2) is 45.0 Å². The predicted octanol–water partition coefficient (Wildman–Crippen LogP) is 1.55. The van der Waals surface area contributed by atoms with Gasteiger partial charge in [0, 0.05) is 18.7 Å². The third-order valence-electron chi connectivity index (χ3n) is 4.47. The largest absolute Gasteiger partial charge is 0.393 e. The molecule has 0 aromatic carbocycles. The van der Waals surface area contributed by atoms with Gasteiger partial charge in [0.2, 0.25) is 0 Å². The summed E-state index contributed by atoms with van der Waals surface area (Å²) in [4.78, 5) is 16.0. The van der Waals surface area contributed by atoms with Crippen LogP contribution in [0.2, 0.25) is 0 Å². The first-order valence-electron chi connectivity index (χ1n) is 8.27. The number of nitrogens with zero attached hydrogens (tertiary/aromatic N) is 1. The van der Waals surface area contributed by atoms with Gasteiger partial charge in [0.15, 0.2) is 0 Å². The summed E-state index contributed by atoms with van der Waals surface area (Å²) in [5.41, 5.74) is 4.88. The molecule has 1 saturated carbocycles. The first kappa shape index (κ1) is 18.6. The summed E-state index contributed by atoms with van der Waals surface area (Å²) in [5.74, 6) is -0.681. The Bertz CT molecular complexity index is 581. The number of alkyl halides is 1. The minimum absolute atomic E-state index is 0.122. The number of aliphatic hydroxyl groups is 2. The molecular weight excluding hydrogens is 313 g/mol. The van der Waals surface area contributed by atoms with Crippen LogP contribution in [-0.2, 0) is 6.42 Å². The Labute approximate surface area is 141 Å². The topological polar surface area (TPSA) is 108 Å². The Kier molecular flexibility index (Phi) is 5.77. The van der Waals surface area contributed by atoms with E-state index in [0.29, 0.717) is 18.5 Å². The smallest absolute Gasteiger partial charge is 0.252 e. The van der Waals surface area contributed by atoms with Crippen LogP contribution in [0.3, 0.4) is 0 Å². The number of hydrogen-bond acceptors (Lipinski definition) is 5. The number of pyridine rings is 1. The summed E-state index contributed by atoms with van der Waals surface area (Å²) in [7, 11) is 0. The number of carbonyl (C=O) groups excluding carboxylic acids is 1. The highest BCUT2D eigenvalue weighted by Gasteiger charge is 2.30. The van der Waals surface area contributed by atoms with E-state index in [1.54, 1.807) is 6.07 Å². The van der Waals surface area contributed by atoms with Crippen LogP contribution < -0.4 is 11.1 Å². The van der Waals surface area contributed by atoms with Crippen molar-refractivity contribution in [1.29, 1.82) is 0 Å². The summed E-state index contributed by atoms with van der Waals surface area (Å²) in [6.45, 7) is 2.74. The molecule has 0 aliphatic heterocycles. The maximum absolute atomic E-state index is 14.2. The Morgan fingerprint density at radius 1 is 1.46 bits per heavy atom. The summed E-state index contributed by atoms with van der Waals surface area (Å²) >= 11 is 0. The summed E-state index contributed by atoms with van der Waals surface area (Å²) in [6.07, 6.45) is 2.44. The number of anilines is 1. The Morgan fingerprint density at radius 3 is 2.62 bits per heavy atom. The molecule has 5 N–H and O–H groups in total. The number of aliphatic hydroxyl groups excluding tert-OH is 1. The van der Waals surface area contributed by atoms with Gasteiger partial charge in [-0.25, -0.2) is 4.39 Å². The molecule has 1 aromatic heterocycles. The van der Waals surface area contributed by atoms with Crippen LogP contribution in [0.5, 0.6) is 0 Å². The lowest BCUT2D eigenvalue weighted by atomic mass is 9.92. The normalized spacial score (nSPS) is 22.9. The second-order valence-electron chi connectivity index (χ2n) is 7.02. The molecule has 0 bridgehead atoms. The summed E-state index contributed by atoms with van der Waals surface area (Å²) in [6, 6.07) is 1.77. The summed E-state index contributed by atoms with van der Waals surface area (Å²) in [5, 5.41) is 22.6. The molecule has 1 amide bonds. The number of amides is 1. The van der Waals surface area contributed by atoms with E-state index in [1.165, 1.54) is 20.0 Å². The average molecular weight is 339 g/mol. The number of carbonyl (C=O) groups is 1. The zero-order valence-corrected chi connectivity index (χ0v) is 14.1. The quantitative estimate of drug-likeness (QED) is 0.629. The molecule has 1 aliphatic carbocycles. The molecule has 7 heteroatoms. The van der Waals surface area contributed by atoms with Crippen LogP contribution in [0.1, 0.15) is 55.6 Å².